The molecular formula is C5H3BrCl2FN. The average molecular weight is 247 g/mol. The van der Waals surface area contributed by atoms with Crippen molar-refractivity contribution in [2.45, 2.75) is 0 Å². The van der Waals surface area contributed by atoms with Crippen molar-refractivity contribution < 1.29 is 4.39 Å². The first-order valence-corrected chi connectivity index (χ1v) is 3.33. The normalized spacial score (nSPS) is 8.70. The van der Waals surface area contributed by atoms with E-state index in [1.165, 1.54) is 6.20 Å². The Bertz CT molecular complexity index is 211. The predicted molar refractivity (Wildman–Crippen MR) is 44.2 cm³/mol. The Balaban J connectivity index is 0.000000810. The fraction of sp³-hybridized carbons (Fsp3) is 0. The Morgan fingerprint density at radius 1 is 1.50 bits per heavy atom. The topological polar surface area (TPSA) is 12.9 Å². The molecular weight excluding hydrogens is 244 g/mol. The van der Waals surface area contributed by atoms with Gasteiger partial charge in [-0.3, -0.25) is 4.98 Å². The minimum Gasteiger partial charge on any atom is -0.260 e. The maximum Gasteiger partial charge on any atom is 0.157 e. The molecule has 0 bridgehead atoms. The fourth-order valence-electron chi connectivity index (χ4n) is 0.396. The molecule has 0 saturated carbocycles. The van der Waals surface area contributed by atoms with Crippen LogP contribution in [0.1, 0.15) is 0 Å². The fourth-order valence-corrected chi connectivity index (χ4v) is 0.747. The van der Waals surface area contributed by atoms with E-state index < -0.39 is 5.82 Å². The Labute approximate surface area is 77.1 Å². The second-order valence-corrected chi connectivity index (χ2v) is 2.62. The lowest BCUT2D eigenvalue weighted by molar-refractivity contribution is 0.614. The van der Waals surface area contributed by atoms with Crippen molar-refractivity contribution in [3.8, 4) is 0 Å². The largest absolute Gasteiger partial charge is 0.260 e. The van der Waals surface area contributed by atoms with Gasteiger partial charge >= 0.3 is 0 Å². The predicted octanol–water partition coefficient (Wildman–Crippen LogP) is 3.06. The quantitative estimate of drug-likeness (QED) is 0.686. The van der Waals surface area contributed by atoms with Crippen molar-refractivity contribution >= 4 is 39.9 Å². The maximum absolute atomic E-state index is 12.4. The first kappa shape index (κ1) is 10.1. The van der Waals surface area contributed by atoms with Crippen LogP contribution in [0.4, 0.5) is 4.39 Å². The molecule has 0 atom stereocenters. The van der Waals surface area contributed by atoms with Gasteiger partial charge in [0, 0.05) is 6.20 Å². The number of rotatable bonds is 0. The van der Waals surface area contributed by atoms with Crippen LogP contribution < -0.4 is 0 Å². The average Bonchev–Trinajstić information content (AvgIpc) is 1.83. The van der Waals surface area contributed by atoms with Crippen molar-refractivity contribution in [1.29, 1.82) is 0 Å². The van der Waals surface area contributed by atoms with Crippen LogP contribution in [0.5, 0.6) is 0 Å². The number of hydrogen-bond donors (Lipinski definition) is 0. The first-order valence-electron chi connectivity index (χ1n) is 2.16. The van der Waals surface area contributed by atoms with Crippen LogP contribution in [-0.4, -0.2) is 4.98 Å². The van der Waals surface area contributed by atoms with Crippen LogP contribution in [0, 0.1) is 5.82 Å². The van der Waals surface area contributed by atoms with Gasteiger partial charge < -0.3 is 0 Å². The Kier molecular flexibility index (Phi) is 4.17. The molecule has 1 nitrogen and oxygen atoms in total. The first-order chi connectivity index (χ1) is 4.22. The van der Waals surface area contributed by atoms with Gasteiger partial charge in [0.15, 0.2) is 5.82 Å². The van der Waals surface area contributed by atoms with Gasteiger partial charge in [0.05, 0.1) is 15.7 Å². The van der Waals surface area contributed by atoms with Crippen LogP contribution >= 0.6 is 39.9 Å². The molecule has 0 aliphatic rings. The summed E-state index contributed by atoms with van der Waals surface area (Å²) in [5.74, 6) is -0.442. The molecule has 0 N–H and O–H groups in total. The SMILES string of the molecule is Cl.Fc1cncc(Cl)c1Br. The van der Waals surface area contributed by atoms with E-state index >= 15 is 0 Å². The summed E-state index contributed by atoms with van der Waals surface area (Å²) in [5.41, 5.74) is 0. The van der Waals surface area contributed by atoms with E-state index in [1.54, 1.807) is 0 Å². The molecule has 5 heteroatoms. The van der Waals surface area contributed by atoms with Gasteiger partial charge in [0.1, 0.15) is 0 Å². The van der Waals surface area contributed by atoms with Crippen molar-refractivity contribution in [1.82, 2.24) is 4.98 Å². The van der Waals surface area contributed by atoms with Gasteiger partial charge in [0.25, 0.3) is 0 Å². The standard InChI is InChI=1S/C5H2BrClFN.ClH/c6-5-3(7)1-9-2-4(5)8;/h1-2H;1H. The van der Waals surface area contributed by atoms with E-state index in [-0.39, 0.29) is 21.9 Å². The Morgan fingerprint density at radius 3 is 2.50 bits per heavy atom. The second kappa shape index (κ2) is 4.11. The zero-order chi connectivity index (χ0) is 6.85. The number of aromatic nitrogens is 1. The Hall–Kier alpha value is 0.140. The molecule has 0 unspecified atom stereocenters. The van der Waals surface area contributed by atoms with Crippen LogP contribution in [-0.2, 0) is 0 Å². The summed E-state index contributed by atoms with van der Waals surface area (Å²) < 4.78 is 12.6. The van der Waals surface area contributed by atoms with Gasteiger partial charge in [-0.2, -0.15) is 0 Å². The van der Waals surface area contributed by atoms with E-state index in [9.17, 15) is 4.39 Å². The lowest BCUT2D eigenvalue weighted by Crippen LogP contribution is -1.79. The summed E-state index contributed by atoms with van der Waals surface area (Å²) in [7, 11) is 0. The molecule has 0 radical (unpaired) electrons. The zero-order valence-corrected chi connectivity index (χ0v) is 7.80. The highest BCUT2D eigenvalue weighted by Gasteiger charge is 2.01. The van der Waals surface area contributed by atoms with E-state index in [0.717, 1.165) is 6.20 Å². The molecule has 0 aromatic carbocycles. The highest BCUT2D eigenvalue weighted by Crippen LogP contribution is 2.22. The van der Waals surface area contributed by atoms with Crippen LogP contribution in [0.25, 0.3) is 0 Å². The van der Waals surface area contributed by atoms with E-state index in [0.29, 0.717) is 0 Å². The van der Waals surface area contributed by atoms with Crippen LogP contribution in [0.3, 0.4) is 0 Å². The number of pyridine rings is 1. The molecule has 1 heterocycles. The molecule has 0 saturated heterocycles. The molecule has 0 aliphatic heterocycles. The Morgan fingerprint density at radius 2 is 2.10 bits per heavy atom. The van der Waals surface area contributed by atoms with Crippen molar-refractivity contribution in [3.63, 3.8) is 0 Å². The third kappa shape index (κ3) is 2.08. The summed E-state index contributed by atoms with van der Waals surface area (Å²) in [5, 5.41) is 0.287. The third-order valence-corrected chi connectivity index (χ3v) is 2.12. The zero-order valence-electron chi connectivity index (χ0n) is 4.64. The number of nitrogens with zero attached hydrogens (tertiary/aromatic N) is 1. The minimum atomic E-state index is -0.442. The van der Waals surface area contributed by atoms with E-state index in [4.69, 9.17) is 11.6 Å². The molecule has 1 aromatic rings. The van der Waals surface area contributed by atoms with Crippen LogP contribution in [0.15, 0.2) is 16.9 Å². The highest BCUT2D eigenvalue weighted by atomic mass is 79.9. The molecule has 1 aromatic heterocycles. The third-order valence-electron chi connectivity index (χ3n) is 0.795. The molecule has 0 spiro atoms. The molecule has 1 rings (SSSR count). The lowest BCUT2D eigenvalue weighted by Gasteiger charge is -1.92. The summed E-state index contributed by atoms with van der Waals surface area (Å²) in [6.45, 7) is 0. The number of halogens is 4. The van der Waals surface area contributed by atoms with Crippen molar-refractivity contribution in [3.05, 3.63) is 27.7 Å². The van der Waals surface area contributed by atoms with Gasteiger partial charge in [0.2, 0.25) is 0 Å². The minimum absolute atomic E-state index is 0. The van der Waals surface area contributed by atoms with Gasteiger partial charge in [-0.1, -0.05) is 11.6 Å². The maximum atomic E-state index is 12.4. The summed E-state index contributed by atoms with van der Waals surface area (Å²) in [4.78, 5) is 3.51. The second-order valence-electron chi connectivity index (χ2n) is 1.42. The number of hydrogen-bond acceptors (Lipinski definition) is 1. The molecule has 0 amide bonds. The summed E-state index contributed by atoms with van der Waals surface area (Å²) in [6, 6.07) is 0. The van der Waals surface area contributed by atoms with Crippen molar-refractivity contribution in [2.24, 2.45) is 0 Å². The summed E-state index contributed by atoms with van der Waals surface area (Å²) >= 11 is 8.40. The molecule has 56 valence electrons. The van der Waals surface area contributed by atoms with Crippen LogP contribution in [0.2, 0.25) is 5.02 Å². The van der Waals surface area contributed by atoms with E-state index in [1.807, 2.05) is 0 Å². The monoisotopic (exact) mass is 245 g/mol. The molecule has 0 aliphatic carbocycles. The van der Waals surface area contributed by atoms with Crippen molar-refractivity contribution in [2.75, 3.05) is 0 Å². The van der Waals surface area contributed by atoms with Gasteiger partial charge in [-0.25, -0.2) is 4.39 Å². The van der Waals surface area contributed by atoms with Gasteiger partial charge in [-0.05, 0) is 15.9 Å². The molecule has 10 heavy (non-hydrogen) atoms. The lowest BCUT2D eigenvalue weighted by atomic mass is 10.5. The van der Waals surface area contributed by atoms with E-state index in [2.05, 4.69) is 20.9 Å². The molecule has 0 fully saturated rings. The smallest absolute Gasteiger partial charge is 0.157 e. The van der Waals surface area contributed by atoms with Gasteiger partial charge in [-0.15, -0.1) is 12.4 Å². The summed E-state index contributed by atoms with van der Waals surface area (Å²) in [6.07, 6.45) is 2.46. The highest BCUT2D eigenvalue weighted by molar-refractivity contribution is 9.10.